The number of likely N-dealkylation sites (tertiary alicyclic amines) is 1. The molecule has 0 radical (unpaired) electrons. The fraction of sp³-hybridized carbons (Fsp3) is 0.278. The molecule has 128 valence electrons. The molecule has 0 aliphatic carbocycles. The molecule has 1 saturated heterocycles. The first kappa shape index (κ1) is 17.1. The molecule has 0 spiro atoms. The van der Waals surface area contributed by atoms with Crippen molar-refractivity contribution >= 4 is 17.6 Å². The van der Waals surface area contributed by atoms with E-state index in [1.54, 1.807) is 35.4 Å². The molecule has 3 rings (SSSR count). The van der Waals surface area contributed by atoms with E-state index in [0.717, 1.165) is 12.0 Å². The summed E-state index contributed by atoms with van der Waals surface area (Å²) in [6.45, 7) is 1.56. The number of hydrogen-bond acceptors (Lipinski definition) is 4. The van der Waals surface area contributed by atoms with Crippen molar-refractivity contribution < 1.29 is 9.53 Å². The second-order valence-corrected chi connectivity index (χ2v) is 6.19. The molecule has 2 heterocycles. The molecule has 0 saturated carbocycles. The van der Waals surface area contributed by atoms with Crippen LogP contribution in [0.3, 0.4) is 0 Å². The number of amides is 2. The molecule has 1 aliphatic heterocycles. The van der Waals surface area contributed by atoms with Crippen LogP contribution in [-0.4, -0.2) is 35.1 Å². The summed E-state index contributed by atoms with van der Waals surface area (Å²) in [6.07, 6.45) is 2.15. The zero-order valence-corrected chi connectivity index (χ0v) is 14.2. The number of ether oxygens (including phenoxy) is 1. The highest BCUT2D eigenvalue weighted by molar-refractivity contribution is 6.30. The topological polar surface area (TPSA) is 78.2 Å². The Morgan fingerprint density at radius 3 is 2.96 bits per heavy atom. The lowest BCUT2D eigenvalue weighted by atomic mass is 10.2. The summed E-state index contributed by atoms with van der Waals surface area (Å²) in [5, 5.41) is 12.5. The second-order valence-electron chi connectivity index (χ2n) is 5.75. The first-order valence-electron chi connectivity index (χ1n) is 7.94. The first-order valence-corrected chi connectivity index (χ1v) is 8.32. The molecule has 6 nitrogen and oxygen atoms in total. The minimum atomic E-state index is -0.125. The van der Waals surface area contributed by atoms with Crippen LogP contribution in [0.4, 0.5) is 4.79 Å². The Labute approximate surface area is 151 Å². The molecule has 1 fully saturated rings. The summed E-state index contributed by atoms with van der Waals surface area (Å²) < 4.78 is 5.78. The molecule has 1 aliphatic rings. The Bertz CT molecular complexity index is 788. The van der Waals surface area contributed by atoms with Gasteiger partial charge in [0.15, 0.2) is 0 Å². The van der Waals surface area contributed by atoms with Crippen LogP contribution in [0.15, 0.2) is 42.6 Å². The lowest BCUT2D eigenvalue weighted by Crippen LogP contribution is -2.39. The Hall–Kier alpha value is -2.78. The van der Waals surface area contributed by atoms with Gasteiger partial charge in [0.1, 0.15) is 6.10 Å². The van der Waals surface area contributed by atoms with Crippen LogP contribution in [0.25, 0.3) is 0 Å². The smallest absolute Gasteiger partial charge is 0.317 e. The van der Waals surface area contributed by atoms with Crippen LogP contribution in [0.5, 0.6) is 5.88 Å². The van der Waals surface area contributed by atoms with Crippen LogP contribution < -0.4 is 10.1 Å². The molecule has 1 aromatic heterocycles. The van der Waals surface area contributed by atoms with Crippen LogP contribution >= 0.6 is 11.6 Å². The Balaban J connectivity index is 1.49. The largest absolute Gasteiger partial charge is 0.472 e. The van der Waals surface area contributed by atoms with Crippen LogP contribution in [0.2, 0.25) is 5.02 Å². The van der Waals surface area contributed by atoms with E-state index in [-0.39, 0.29) is 12.1 Å². The molecule has 1 atom stereocenters. The van der Waals surface area contributed by atoms with E-state index in [1.807, 2.05) is 12.1 Å². The lowest BCUT2D eigenvalue weighted by molar-refractivity contribution is 0.183. The number of pyridine rings is 1. The van der Waals surface area contributed by atoms with E-state index in [9.17, 15) is 4.79 Å². The number of carbonyl (C=O) groups is 1. The van der Waals surface area contributed by atoms with Gasteiger partial charge in [0.05, 0.1) is 18.2 Å². The molecule has 1 unspecified atom stereocenters. The quantitative estimate of drug-likeness (QED) is 0.913. The van der Waals surface area contributed by atoms with Crippen molar-refractivity contribution in [1.82, 2.24) is 15.2 Å². The number of urea groups is 1. The summed E-state index contributed by atoms with van der Waals surface area (Å²) in [6, 6.07) is 12.5. The number of nitrogens with zero attached hydrogens (tertiary/aromatic N) is 3. The maximum absolute atomic E-state index is 12.3. The average Bonchev–Trinajstić information content (AvgIpc) is 3.09. The van der Waals surface area contributed by atoms with E-state index in [0.29, 0.717) is 36.1 Å². The lowest BCUT2D eigenvalue weighted by Gasteiger charge is -2.17. The Kier molecular flexibility index (Phi) is 5.36. The fourth-order valence-electron chi connectivity index (χ4n) is 2.61. The number of rotatable bonds is 4. The molecular weight excluding hydrogens is 340 g/mol. The van der Waals surface area contributed by atoms with Gasteiger partial charge in [-0.1, -0.05) is 23.7 Å². The van der Waals surface area contributed by atoms with Gasteiger partial charge in [0, 0.05) is 36.8 Å². The number of halogens is 1. The summed E-state index contributed by atoms with van der Waals surface area (Å²) >= 11 is 5.85. The Morgan fingerprint density at radius 1 is 1.40 bits per heavy atom. The minimum Gasteiger partial charge on any atom is -0.472 e. The normalized spacial score (nSPS) is 16.3. The molecule has 25 heavy (non-hydrogen) atoms. The number of nitriles is 1. The molecule has 1 aromatic carbocycles. The van der Waals surface area contributed by atoms with Gasteiger partial charge in [0.2, 0.25) is 5.88 Å². The third-order valence-electron chi connectivity index (χ3n) is 3.94. The highest BCUT2D eigenvalue weighted by Crippen LogP contribution is 2.17. The van der Waals surface area contributed by atoms with Crippen molar-refractivity contribution in [2.75, 3.05) is 13.1 Å². The summed E-state index contributed by atoms with van der Waals surface area (Å²) in [5.74, 6) is 0.410. The van der Waals surface area contributed by atoms with Crippen molar-refractivity contribution in [2.45, 2.75) is 19.1 Å². The number of hydrogen-bond donors (Lipinski definition) is 1. The van der Waals surface area contributed by atoms with Gasteiger partial charge >= 0.3 is 6.03 Å². The third-order valence-corrected chi connectivity index (χ3v) is 4.19. The molecule has 2 aromatic rings. The number of nitrogens with one attached hydrogen (secondary N) is 1. The van der Waals surface area contributed by atoms with Gasteiger partial charge in [-0.05, 0) is 23.8 Å². The Morgan fingerprint density at radius 2 is 2.20 bits per heavy atom. The summed E-state index contributed by atoms with van der Waals surface area (Å²) in [4.78, 5) is 18.1. The van der Waals surface area contributed by atoms with E-state index in [2.05, 4.69) is 16.4 Å². The zero-order chi connectivity index (χ0) is 17.6. The third kappa shape index (κ3) is 4.61. The standard InChI is InChI=1S/C18H17ClN4O2/c19-15-3-1-13(2-4-15)11-22-18(24)23-8-6-16(12-23)25-17-9-14(10-20)5-7-21-17/h1-5,7,9,16H,6,8,11-12H2,(H,22,24). The van der Waals surface area contributed by atoms with Crippen LogP contribution in [0, 0.1) is 11.3 Å². The first-order chi connectivity index (χ1) is 12.1. The van der Waals surface area contributed by atoms with Crippen molar-refractivity contribution in [3.05, 3.63) is 58.7 Å². The second kappa shape index (κ2) is 7.86. The van der Waals surface area contributed by atoms with Crippen molar-refractivity contribution in [1.29, 1.82) is 5.26 Å². The van der Waals surface area contributed by atoms with Gasteiger partial charge in [-0.15, -0.1) is 0 Å². The molecule has 1 N–H and O–H groups in total. The number of aromatic nitrogens is 1. The number of carbonyl (C=O) groups excluding carboxylic acids is 1. The van der Waals surface area contributed by atoms with Gasteiger partial charge < -0.3 is 15.0 Å². The maximum atomic E-state index is 12.3. The molecule has 0 bridgehead atoms. The fourth-order valence-corrected chi connectivity index (χ4v) is 2.74. The average molecular weight is 357 g/mol. The summed E-state index contributed by atoms with van der Waals surface area (Å²) in [5.41, 5.74) is 1.49. The predicted octanol–water partition coefficient (Wildman–Crippen LogP) is 2.97. The van der Waals surface area contributed by atoms with Gasteiger partial charge in [0.25, 0.3) is 0 Å². The van der Waals surface area contributed by atoms with Gasteiger partial charge in [-0.3, -0.25) is 0 Å². The van der Waals surface area contributed by atoms with Crippen LogP contribution in [-0.2, 0) is 6.54 Å². The molecule has 7 heteroatoms. The van der Waals surface area contributed by atoms with Gasteiger partial charge in [-0.25, -0.2) is 9.78 Å². The van der Waals surface area contributed by atoms with E-state index in [1.165, 1.54) is 0 Å². The van der Waals surface area contributed by atoms with Gasteiger partial charge in [-0.2, -0.15) is 5.26 Å². The zero-order valence-electron chi connectivity index (χ0n) is 13.5. The molecule has 2 amide bonds. The van der Waals surface area contributed by atoms with E-state index >= 15 is 0 Å². The minimum absolute atomic E-state index is 0.122. The van der Waals surface area contributed by atoms with E-state index < -0.39 is 0 Å². The van der Waals surface area contributed by atoms with E-state index in [4.69, 9.17) is 21.6 Å². The van der Waals surface area contributed by atoms with Crippen molar-refractivity contribution in [3.8, 4) is 11.9 Å². The highest BCUT2D eigenvalue weighted by atomic mass is 35.5. The predicted molar refractivity (Wildman–Crippen MR) is 93.2 cm³/mol. The SMILES string of the molecule is N#Cc1ccnc(OC2CCN(C(=O)NCc3ccc(Cl)cc3)C2)c1. The van der Waals surface area contributed by atoms with Crippen LogP contribution in [0.1, 0.15) is 17.5 Å². The molecular formula is C18H17ClN4O2. The summed E-state index contributed by atoms with van der Waals surface area (Å²) in [7, 11) is 0. The maximum Gasteiger partial charge on any atom is 0.317 e. The highest BCUT2D eigenvalue weighted by Gasteiger charge is 2.27. The van der Waals surface area contributed by atoms with Crippen molar-refractivity contribution in [2.24, 2.45) is 0 Å². The number of benzene rings is 1. The monoisotopic (exact) mass is 356 g/mol. The van der Waals surface area contributed by atoms with Crippen molar-refractivity contribution in [3.63, 3.8) is 0 Å².